The lowest BCUT2D eigenvalue weighted by Crippen LogP contribution is -2.35. The summed E-state index contributed by atoms with van der Waals surface area (Å²) < 4.78 is 0. The number of hydrogen-bond donors (Lipinski definition) is 3. The van der Waals surface area contributed by atoms with Crippen molar-refractivity contribution in [1.29, 1.82) is 0 Å². The maximum Gasteiger partial charge on any atom is 0.326 e. The molecule has 2 aromatic carbocycles. The molecule has 0 fully saturated rings. The Morgan fingerprint density at radius 2 is 1.82 bits per heavy atom. The van der Waals surface area contributed by atoms with Gasteiger partial charge in [0.15, 0.2) is 0 Å². The molecule has 2 amide bonds. The summed E-state index contributed by atoms with van der Waals surface area (Å²) >= 11 is 0. The first-order chi connectivity index (χ1) is 10.6. The molecule has 0 unspecified atom stereocenters. The van der Waals surface area contributed by atoms with Crippen LogP contribution in [0.4, 0.5) is 16.2 Å². The topological polar surface area (TPSA) is 72.8 Å². The molecule has 5 heteroatoms. The van der Waals surface area contributed by atoms with E-state index in [1.54, 1.807) is 29.2 Å². The first-order valence-corrected chi connectivity index (χ1v) is 7.33. The van der Waals surface area contributed by atoms with Crippen molar-refractivity contribution in [2.45, 2.75) is 19.3 Å². The van der Waals surface area contributed by atoms with E-state index < -0.39 is 0 Å². The number of phenols is 2. The Hall–Kier alpha value is -2.69. The monoisotopic (exact) mass is 298 g/mol. The summed E-state index contributed by atoms with van der Waals surface area (Å²) in [5.74, 6) is 0.393. The van der Waals surface area contributed by atoms with Crippen LogP contribution in [0.15, 0.2) is 42.5 Å². The number of amides is 2. The quantitative estimate of drug-likeness (QED) is 0.706. The Balaban J connectivity index is 1.86. The summed E-state index contributed by atoms with van der Waals surface area (Å²) in [6.07, 6.45) is 2.59. The summed E-state index contributed by atoms with van der Waals surface area (Å²) in [6, 6.07) is 11.4. The Kier molecular flexibility index (Phi) is 3.87. The average molecular weight is 298 g/mol. The minimum atomic E-state index is -0.237. The predicted octanol–water partition coefficient (Wildman–Crippen LogP) is 3.47. The maximum atomic E-state index is 12.5. The van der Waals surface area contributed by atoms with Crippen molar-refractivity contribution < 1.29 is 15.0 Å². The normalized spacial score (nSPS) is 14.1. The van der Waals surface area contributed by atoms with Crippen LogP contribution in [0.1, 0.15) is 18.4 Å². The first kappa shape index (κ1) is 14.3. The maximum absolute atomic E-state index is 12.5. The molecule has 22 heavy (non-hydrogen) atoms. The molecule has 2 aromatic rings. The zero-order valence-corrected chi connectivity index (χ0v) is 12.1. The molecule has 0 saturated heterocycles. The highest BCUT2D eigenvalue weighted by Crippen LogP contribution is 2.33. The van der Waals surface area contributed by atoms with E-state index in [-0.39, 0.29) is 17.5 Å². The predicted molar refractivity (Wildman–Crippen MR) is 85.5 cm³/mol. The SMILES string of the molecule is O=C(Nc1ccc(O)cc1)N1CCCCc2c(O)cccc21. The van der Waals surface area contributed by atoms with E-state index in [0.29, 0.717) is 12.2 Å². The molecular formula is C17H18N2O3. The van der Waals surface area contributed by atoms with Crippen LogP contribution in [-0.2, 0) is 6.42 Å². The summed E-state index contributed by atoms with van der Waals surface area (Å²) in [5, 5.41) is 22.1. The van der Waals surface area contributed by atoms with E-state index >= 15 is 0 Å². The number of hydrogen-bond acceptors (Lipinski definition) is 3. The van der Waals surface area contributed by atoms with E-state index in [9.17, 15) is 15.0 Å². The molecule has 3 rings (SSSR count). The summed E-state index contributed by atoms with van der Waals surface area (Å²) in [5.41, 5.74) is 2.20. The van der Waals surface area contributed by atoms with Gasteiger partial charge in [-0.2, -0.15) is 0 Å². The number of fused-ring (bicyclic) bond motifs is 1. The van der Waals surface area contributed by atoms with E-state index in [1.165, 1.54) is 12.1 Å². The summed E-state index contributed by atoms with van der Waals surface area (Å²) in [7, 11) is 0. The number of carbonyl (C=O) groups excluding carboxylic acids is 1. The largest absolute Gasteiger partial charge is 0.508 e. The fraction of sp³-hybridized carbons (Fsp3) is 0.235. The van der Waals surface area contributed by atoms with Crippen LogP contribution in [0.2, 0.25) is 0 Å². The van der Waals surface area contributed by atoms with Crippen molar-refractivity contribution in [3.63, 3.8) is 0 Å². The molecule has 0 aromatic heterocycles. The van der Waals surface area contributed by atoms with Crippen molar-refractivity contribution in [2.75, 3.05) is 16.8 Å². The third-order valence-corrected chi connectivity index (χ3v) is 3.84. The van der Waals surface area contributed by atoms with Gasteiger partial charge < -0.3 is 15.5 Å². The van der Waals surface area contributed by atoms with Gasteiger partial charge in [0.1, 0.15) is 11.5 Å². The third kappa shape index (κ3) is 2.83. The molecule has 0 saturated carbocycles. The highest BCUT2D eigenvalue weighted by atomic mass is 16.3. The molecule has 114 valence electrons. The van der Waals surface area contributed by atoms with Gasteiger partial charge in [-0.25, -0.2) is 4.79 Å². The van der Waals surface area contributed by atoms with Crippen LogP contribution < -0.4 is 10.2 Å². The van der Waals surface area contributed by atoms with Gasteiger partial charge in [0.25, 0.3) is 0 Å². The number of nitrogens with one attached hydrogen (secondary N) is 1. The number of benzene rings is 2. The van der Waals surface area contributed by atoms with Gasteiger partial charge in [-0.3, -0.25) is 4.90 Å². The number of carbonyl (C=O) groups is 1. The molecule has 5 nitrogen and oxygen atoms in total. The van der Waals surface area contributed by atoms with Crippen molar-refractivity contribution in [3.05, 3.63) is 48.0 Å². The minimum Gasteiger partial charge on any atom is -0.508 e. The van der Waals surface area contributed by atoms with Crippen molar-refractivity contribution in [3.8, 4) is 11.5 Å². The summed E-state index contributed by atoms with van der Waals surface area (Å²) in [4.78, 5) is 14.2. The molecule has 1 aliphatic heterocycles. The van der Waals surface area contributed by atoms with Crippen molar-refractivity contribution >= 4 is 17.4 Å². The van der Waals surface area contributed by atoms with Gasteiger partial charge in [0, 0.05) is 17.8 Å². The van der Waals surface area contributed by atoms with Crippen LogP contribution in [0.5, 0.6) is 11.5 Å². The van der Waals surface area contributed by atoms with Gasteiger partial charge in [-0.05, 0) is 55.7 Å². The minimum absolute atomic E-state index is 0.156. The lowest BCUT2D eigenvalue weighted by Gasteiger charge is -2.23. The lowest BCUT2D eigenvalue weighted by molar-refractivity contribution is 0.257. The second-order valence-electron chi connectivity index (χ2n) is 5.36. The molecule has 0 radical (unpaired) electrons. The van der Waals surface area contributed by atoms with Gasteiger partial charge in [-0.15, -0.1) is 0 Å². The van der Waals surface area contributed by atoms with Crippen LogP contribution in [0.25, 0.3) is 0 Å². The molecule has 1 heterocycles. The van der Waals surface area contributed by atoms with Crippen LogP contribution in [-0.4, -0.2) is 22.8 Å². The van der Waals surface area contributed by atoms with E-state index in [0.717, 1.165) is 30.5 Å². The molecule has 0 aliphatic carbocycles. The Bertz CT molecular complexity index is 683. The fourth-order valence-corrected chi connectivity index (χ4v) is 2.71. The van der Waals surface area contributed by atoms with E-state index in [1.807, 2.05) is 6.07 Å². The van der Waals surface area contributed by atoms with Crippen molar-refractivity contribution in [1.82, 2.24) is 0 Å². The highest BCUT2D eigenvalue weighted by molar-refractivity contribution is 6.02. The molecule has 0 atom stereocenters. The number of urea groups is 1. The first-order valence-electron chi connectivity index (χ1n) is 7.33. The molecular weight excluding hydrogens is 280 g/mol. The second kappa shape index (κ2) is 5.97. The second-order valence-corrected chi connectivity index (χ2v) is 5.36. The number of aromatic hydroxyl groups is 2. The van der Waals surface area contributed by atoms with Crippen LogP contribution in [0, 0.1) is 0 Å². The highest BCUT2D eigenvalue weighted by Gasteiger charge is 2.22. The zero-order valence-electron chi connectivity index (χ0n) is 12.1. The molecule has 0 spiro atoms. The Morgan fingerprint density at radius 1 is 1.05 bits per heavy atom. The van der Waals surface area contributed by atoms with Gasteiger partial charge in [-0.1, -0.05) is 6.07 Å². The van der Waals surface area contributed by atoms with Gasteiger partial charge in [0.2, 0.25) is 0 Å². The number of rotatable bonds is 1. The van der Waals surface area contributed by atoms with E-state index in [2.05, 4.69) is 5.32 Å². The Labute approximate surface area is 128 Å². The standard InChI is InChI=1S/C17H18N2O3/c20-13-9-7-12(8-10-13)18-17(22)19-11-2-1-4-14-15(19)5-3-6-16(14)21/h3,5-10,20-21H,1-2,4,11H2,(H,18,22). The third-order valence-electron chi connectivity index (χ3n) is 3.84. The van der Waals surface area contributed by atoms with Crippen LogP contribution >= 0.6 is 0 Å². The number of phenolic OH excluding ortho intramolecular Hbond substituents is 2. The average Bonchev–Trinajstić information content (AvgIpc) is 2.73. The zero-order chi connectivity index (χ0) is 15.5. The lowest BCUT2D eigenvalue weighted by atomic mass is 10.1. The van der Waals surface area contributed by atoms with Crippen LogP contribution in [0.3, 0.4) is 0 Å². The molecule has 1 aliphatic rings. The van der Waals surface area contributed by atoms with Gasteiger partial charge >= 0.3 is 6.03 Å². The Morgan fingerprint density at radius 3 is 2.59 bits per heavy atom. The smallest absolute Gasteiger partial charge is 0.326 e. The number of nitrogens with zero attached hydrogens (tertiary/aromatic N) is 1. The molecule has 0 bridgehead atoms. The fourth-order valence-electron chi connectivity index (χ4n) is 2.71. The summed E-state index contributed by atoms with van der Waals surface area (Å²) in [6.45, 7) is 0.611. The number of anilines is 2. The van der Waals surface area contributed by atoms with Crippen molar-refractivity contribution in [2.24, 2.45) is 0 Å². The molecule has 3 N–H and O–H groups in total. The van der Waals surface area contributed by atoms with Gasteiger partial charge in [0.05, 0.1) is 5.69 Å². The van der Waals surface area contributed by atoms with E-state index in [4.69, 9.17) is 0 Å².